The molecule has 0 atom stereocenters. The lowest BCUT2D eigenvalue weighted by molar-refractivity contribution is -0.137. The van der Waals surface area contributed by atoms with Crippen LogP contribution in [0.3, 0.4) is 0 Å². The number of hydrogen-bond donors (Lipinski definition) is 2. The molecule has 2 aromatic rings. The summed E-state index contributed by atoms with van der Waals surface area (Å²) in [6.45, 7) is 0. The lowest BCUT2D eigenvalue weighted by atomic mass is 10.2. The highest BCUT2D eigenvalue weighted by Crippen LogP contribution is 2.36. The van der Waals surface area contributed by atoms with E-state index >= 15 is 0 Å². The topological polar surface area (TPSA) is 41.1 Å². The van der Waals surface area contributed by atoms with Crippen LogP contribution in [-0.4, -0.2) is 6.03 Å². The first-order valence-corrected chi connectivity index (χ1v) is 6.34. The summed E-state index contributed by atoms with van der Waals surface area (Å²) in [6.07, 6.45) is -4.63. The summed E-state index contributed by atoms with van der Waals surface area (Å²) < 4.78 is 51.1. The second kappa shape index (κ2) is 6.23. The van der Waals surface area contributed by atoms with Crippen molar-refractivity contribution < 1.29 is 22.4 Å². The molecule has 0 aliphatic heterocycles. The van der Waals surface area contributed by atoms with Gasteiger partial charge in [0.2, 0.25) is 0 Å². The Kier molecular flexibility index (Phi) is 4.56. The molecule has 116 valence electrons. The van der Waals surface area contributed by atoms with Crippen LogP contribution in [0.5, 0.6) is 0 Å². The highest BCUT2D eigenvalue weighted by atomic mass is 35.5. The van der Waals surface area contributed by atoms with Gasteiger partial charge in [-0.05, 0) is 36.4 Å². The zero-order chi connectivity index (χ0) is 16.3. The minimum atomic E-state index is -4.63. The van der Waals surface area contributed by atoms with Crippen LogP contribution in [0.4, 0.5) is 33.7 Å². The molecular weight excluding hydrogens is 324 g/mol. The number of carbonyl (C=O) groups is 1. The summed E-state index contributed by atoms with van der Waals surface area (Å²) in [5.74, 6) is -0.552. The molecule has 2 amide bonds. The zero-order valence-corrected chi connectivity index (χ0v) is 11.6. The van der Waals surface area contributed by atoms with Crippen molar-refractivity contribution in [3.05, 3.63) is 58.9 Å². The molecule has 2 rings (SSSR count). The number of amides is 2. The Labute approximate surface area is 127 Å². The Morgan fingerprint density at radius 3 is 2.23 bits per heavy atom. The Hall–Kier alpha value is -2.28. The van der Waals surface area contributed by atoms with E-state index in [1.165, 1.54) is 24.3 Å². The molecule has 0 radical (unpaired) electrons. The Morgan fingerprint density at radius 1 is 1.00 bits per heavy atom. The maximum atomic E-state index is 13.0. The van der Waals surface area contributed by atoms with Gasteiger partial charge in [-0.2, -0.15) is 13.2 Å². The third-order valence-electron chi connectivity index (χ3n) is 2.61. The molecule has 0 heterocycles. The molecule has 0 aliphatic carbocycles. The Bertz CT molecular complexity index is 703. The maximum Gasteiger partial charge on any atom is 0.417 e. The average molecular weight is 333 g/mol. The van der Waals surface area contributed by atoms with E-state index in [9.17, 15) is 22.4 Å². The first-order chi connectivity index (χ1) is 10.3. The maximum absolute atomic E-state index is 13.0. The summed E-state index contributed by atoms with van der Waals surface area (Å²) in [4.78, 5) is 11.7. The van der Waals surface area contributed by atoms with Crippen molar-refractivity contribution >= 4 is 29.0 Å². The van der Waals surface area contributed by atoms with Crippen LogP contribution in [0.25, 0.3) is 0 Å². The number of carbonyl (C=O) groups excluding carboxylic acids is 1. The van der Waals surface area contributed by atoms with E-state index in [4.69, 9.17) is 11.6 Å². The third-order valence-corrected chi connectivity index (χ3v) is 2.94. The van der Waals surface area contributed by atoms with Crippen molar-refractivity contribution in [3.8, 4) is 0 Å². The van der Waals surface area contributed by atoms with Gasteiger partial charge in [-0.15, -0.1) is 0 Å². The SMILES string of the molecule is O=C(Nc1cccc(F)c1)Nc1ccc(Cl)c(C(F)(F)F)c1. The molecule has 8 heteroatoms. The van der Waals surface area contributed by atoms with E-state index in [1.54, 1.807) is 0 Å². The van der Waals surface area contributed by atoms with Gasteiger partial charge < -0.3 is 10.6 Å². The number of rotatable bonds is 2. The minimum Gasteiger partial charge on any atom is -0.308 e. The molecule has 0 saturated carbocycles. The largest absolute Gasteiger partial charge is 0.417 e. The van der Waals surface area contributed by atoms with E-state index in [-0.39, 0.29) is 11.4 Å². The Balaban J connectivity index is 2.12. The van der Waals surface area contributed by atoms with Gasteiger partial charge in [0, 0.05) is 11.4 Å². The predicted octanol–water partition coefficient (Wildman–Crippen LogP) is 5.14. The summed E-state index contributed by atoms with van der Waals surface area (Å²) in [7, 11) is 0. The number of urea groups is 1. The first kappa shape index (κ1) is 16.1. The van der Waals surface area contributed by atoms with Gasteiger partial charge in [0.15, 0.2) is 0 Å². The van der Waals surface area contributed by atoms with Crippen LogP contribution >= 0.6 is 11.6 Å². The Morgan fingerprint density at radius 2 is 1.64 bits per heavy atom. The predicted molar refractivity (Wildman–Crippen MR) is 75.5 cm³/mol. The van der Waals surface area contributed by atoms with Gasteiger partial charge in [0.05, 0.1) is 10.6 Å². The van der Waals surface area contributed by atoms with E-state index in [2.05, 4.69) is 10.6 Å². The molecule has 3 nitrogen and oxygen atoms in total. The minimum absolute atomic E-state index is 0.0920. The summed E-state index contributed by atoms with van der Waals surface area (Å²) in [5, 5.41) is 4.05. The molecule has 0 fully saturated rings. The van der Waals surface area contributed by atoms with Gasteiger partial charge in [0.1, 0.15) is 5.82 Å². The average Bonchev–Trinajstić information content (AvgIpc) is 2.39. The van der Waals surface area contributed by atoms with Crippen molar-refractivity contribution in [2.24, 2.45) is 0 Å². The number of halogens is 5. The molecular formula is C14H9ClF4N2O. The number of hydrogen-bond acceptors (Lipinski definition) is 1. The highest BCUT2D eigenvalue weighted by Gasteiger charge is 2.33. The monoisotopic (exact) mass is 332 g/mol. The summed E-state index contributed by atoms with van der Waals surface area (Å²) in [6, 6.07) is 7.25. The number of alkyl halides is 3. The van der Waals surface area contributed by atoms with Gasteiger partial charge in [0.25, 0.3) is 0 Å². The third kappa shape index (κ3) is 4.11. The van der Waals surface area contributed by atoms with Gasteiger partial charge >= 0.3 is 12.2 Å². The van der Waals surface area contributed by atoms with Crippen LogP contribution in [0, 0.1) is 5.82 Å². The standard InChI is InChI=1S/C14H9ClF4N2O/c15-12-5-4-10(7-11(12)14(17,18)19)21-13(22)20-9-3-1-2-8(16)6-9/h1-7H,(H2,20,21,22). The van der Waals surface area contributed by atoms with Crippen molar-refractivity contribution in [2.45, 2.75) is 6.18 Å². The number of benzene rings is 2. The van der Waals surface area contributed by atoms with Crippen molar-refractivity contribution in [2.75, 3.05) is 10.6 Å². The number of nitrogens with one attached hydrogen (secondary N) is 2. The molecule has 0 bridgehead atoms. The normalized spacial score (nSPS) is 11.1. The molecule has 0 unspecified atom stereocenters. The fourth-order valence-corrected chi connectivity index (χ4v) is 1.90. The van der Waals surface area contributed by atoms with Crippen molar-refractivity contribution in [1.82, 2.24) is 0 Å². The quantitative estimate of drug-likeness (QED) is 0.734. The molecule has 0 saturated heterocycles. The second-order valence-corrected chi connectivity index (χ2v) is 4.69. The van der Waals surface area contributed by atoms with Gasteiger partial charge in [-0.3, -0.25) is 0 Å². The number of anilines is 2. The fourth-order valence-electron chi connectivity index (χ4n) is 1.68. The van der Waals surface area contributed by atoms with E-state index in [1.807, 2.05) is 0 Å². The molecule has 22 heavy (non-hydrogen) atoms. The smallest absolute Gasteiger partial charge is 0.308 e. The molecule has 2 N–H and O–H groups in total. The summed E-state index contributed by atoms with van der Waals surface area (Å²) >= 11 is 5.47. The van der Waals surface area contributed by atoms with E-state index < -0.39 is 28.6 Å². The molecule has 0 aliphatic rings. The van der Waals surface area contributed by atoms with Crippen LogP contribution < -0.4 is 10.6 Å². The summed E-state index contributed by atoms with van der Waals surface area (Å²) in [5.41, 5.74) is -0.981. The van der Waals surface area contributed by atoms with Gasteiger partial charge in [-0.25, -0.2) is 9.18 Å². The molecule has 2 aromatic carbocycles. The van der Waals surface area contributed by atoms with Gasteiger partial charge in [-0.1, -0.05) is 17.7 Å². The van der Waals surface area contributed by atoms with Crippen LogP contribution in [0.15, 0.2) is 42.5 Å². The van der Waals surface area contributed by atoms with Crippen molar-refractivity contribution in [3.63, 3.8) is 0 Å². The van der Waals surface area contributed by atoms with Crippen LogP contribution in [0.1, 0.15) is 5.56 Å². The first-order valence-electron chi connectivity index (χ1n) is 5.96. The van der Waals surface area contributed by atoms with Crippen molar-refractivity contribution in [1.29, 1.82) is 0 Å². The second-order valence-electron chi connectivity index (χ2n) is 4.28. The fraction of sp³-hybridized carbons (Fsp3) is 0.0714. The lowest BCUT2D eigenvalue weighted by Crippen LogP contribution is -2.20. The highest BCUT2D eigenvalue weighted by molar-refractivity contribution is 6.31. The molecule has 0 spiro atoms. The van der Waals surface area contributed by atoms with Crippen LogP contribution in [-0.2, 0) is 6.18 Å². The van der Waals surface area contributed by atoms with E-state index in [0.29, 0.717) is 6.07 Å². The van der Waals surface area contributed by atoms with Crippen LogP contribution in [0.2, 0.25) is 5.02 Å². The van der Waals surface area contributed by atoms with E-state index in [0.717, 1.165) is 12.1 Å². The molecule has 0 aromatic heterocycles. The zero-order valence-electron chi connectivity index (χ0n) is 10.8. The lowest BCUT2D eigenvalue weighted by Gasteiger charge is -2.12.